The average molecular weight is 1760 g/mol. The third kappa shape index (κ3) is 41.9. The van der Waals surface area contributed by atoms with Crippen LogP contribution in [-0.4, -0.2) is 296 Å². The van der Waals surface area contributed by atoms with Gasteiger partial charge in [-0.2, -0.15) is 4.68 Å². The molecule has 3 heterocycles. The number of carbonyl (C=O) groups is 16. The summed E-state index contributed by atoms with van der Waals surface area (Å²) in [5.74, 6) is -14.3. The van der Waals surface area contributed by atoms with Gasteiger partial charge in [0.1, 0.15) is 60.4 Å². The van der Waals surface area contributed by atoms with Crippen molar-refractivity contribution in [3.8, 4) is 0 Å². The Morgan fingerprint density at radius 1 is 0.424 bits per heavy atom. The number of carboxylic acids is 2. The summed E-state index contributed by atoms with van der Waals surface area (Å²) in [6.07, 6.45) is 2.04. The van der Waals surface area contributed by atoms with E-state index < -0.39 is 168 Å². The van der Waals surface area contributed by atoms with Crippen molar-refractivity contribution in [1.29, 1.82) is 10.8 Å². The number of nitrogens with zero attached hydrogens (tertiary/aromatic N) is 4. The summed E-state index contributed by atoms with van der Waals surface area (Å²) >= 11 is 0. The second kappa shape index (κ2) is 57.8. The number of carboxylic acid groups (broad SMARTS) is 2. The van der Waals surface area contributed by atoms with Gasteiger partial charge < -0.3 is 125 Å². The Kier molecular flexibility index (Phi) is 47.6. The summed E-state index contributed by atoms with van der Waals surface area (Å²) in [6, 6.07) is 1.84. The van der Waals surface area contributed by atoms with Crippen molar-refractivity contribution in [2.45, 2.75) is 210 Å². The van der Waals surface area contributed by atoms with Crippen LogP contribution in [0.3, 0.4) is 0 Å². The van der Waals surface area contributed by atoms with E-state index in [1.54, 1.807) is 66.9 Å². The van der Waals surface area contributed by atoms with Crippen molar-refractivity contribution >= 4 is 107 Å². The first-order valence-corrected chi connectivity index (χ1v) is 41.9. The molecule has 10 atom stereocenters. The number of unbranched alkanes of at least 4 members (excludes halogenated alkanes) is 3. The number of aromatic nitrogens is 3. The minimum Gasteiger partial charge on any atom is -0.481 e. The molecule has 2 aliphatic heterocycles. The van der Waals surface area contributed by atoms with Crippen LogP contribution in [0.4, 0.5) is 4.79 Å². The van der Waals surface area contributed by atoms with Crippen LogP contribution in [0, 0.1) is 10.8 Å². The molecule has 0 unspecified atom stereocenters. The molecule has 2 aromatic carbocycles. The number of nitrogens with one attached hydrogen (secondary N) is 17. The highest BCUT2D eigenvalue weighted by atomic mass is 16.6. The van der Waals surface area contributed by atoms with Gasteiger partial charge in [0.25, 0.3) is 0 Å². The summed E-state index contributed by atoms with van der Waals surface area (Å²) in [5, 5.41) is 81.4. The van der Waals surface area contributed by atoms with Gasteiger partial charge in [0.15, 0.2) is 11.9 Å². The second-order valence-electron chi connectivity index (χ2n) is 29.8. The molecule has 125 heavy (non-hydrogen) atoms. The molecular formula is C80H123N23O22. The Bertz CT molecular complexity index is 3830. The van der Waals surface area contributed by atoms with Gasteiger partial charge >= 0.3 is 18.0 Å². The second-order valence-corrected chi connectivity index (χ2v) is 29.8. The topological polar surface area (TPSA) is 665 Å². The summed E-state index contributed by atoms with van der Waals surface area (Å²) in [4.78, 5) is 219. The van der Waals surface area contributed by atoms with Gasteiger partial charge in [-0.1, -0.05) is 79.2 Å². The number of rotatable bonds is 50. The van der Waals surface area contributed by atoms with E-state index >= 15 is 0 Å². The molecule has 1 aromatic heterocycles. The van der Waals surface area contributed by atoms with Crippen LogP contribution < -0.4 is 91.2 Å². The van der Waals surface area contributed by atoms with E-state index in [2.05, 4.69) is 97.0 Å². The lowest BCUT2D eigenvalue weighted by atomic mass is 10.0. The number of aliphatic carboxylic acids is 2. The fraction of sp³-hybridized carbons (Fsp3) is 0.600. The Morgan fingerprint density at radius 2 is 0.776 bits per heavy atom. The van der Waals surface area contributed by atoms with Crippen molar-refractivity contribution in [2.24, 2.45) is 11.5 Å². The fourth-order valence-electron chi connectivity index (χ4n) is 12.7. The van der Waals surface area contributed by atoms with Crippen molar-refractivity contribution in [3.05, 3.63) is 83.7 Å². The van der Waals surface area contributed by atoms with E-state index in [4.69, 9.17) is 41.2 Å². The molecule has 14 amide bonds. The van der Waals surface area contributed by atoms with Gasteiger partial charge in [-0.3, -0.25) is 82.7 Å². The molecule has 0 bridgehead atoms. The molecule has 0 saturated carbocycles. The fourth-order valence-corrected chi connectivity index (χ4v) is 12.7. The molecule has 5 rings (SSSR count). The molecule has 45 nitrogen and oxygen atoms in total. The van der Waals surface area contributed by atoms with Gasteiger partial charge in [-0.05, 0) is 102 Å². The van der Waals surface area contributed by atoms with Gasteiger partial charge in [0.2, 0.25) is 76.8 Å². The van der Waals surface area contributed by atoms with Crippen molar-refractivity contribution in [3.63, 3.8) is 0 Å². The maximum Gasteiger partial charge on any atom is 0.343 e. The molecule has 3 aromatic rings. The summed E-state index contributed by atoms with van der Waals surface area (Å²) < 4.78 is 23.6. The largest absolute Gasteiger partial charge is 0.481 e. The van der Waals surface area contributed by atoms with Crippen LogP contribution in [0.25, 0.3) is 0 Å². The molecule has 2 fully saturated rings. The van der Waals surface area contributed by atoms with Gasteiger partial charge in [-0.15, -0.1) is 5.10 Å². The third-order valence-electron chi connectivity index (χ3n) is 19.5. The zero-order valence-corrected chi connectivity index (χ0v) is 70.9. The monoisotopic (exact) mass is 1760 g/mol. The molecule has 690 valence electrons. The number of guanidine groups is 2. The summed E-state index contributed by atoms with van der Waals surface area (Å²) in [7, 11) is 0. The third-order valence-corrected chi connectivity index (χ3v) is 19.5. The highest BCUT2D eigenvalue weighted by Gasteiger charge is 2.38. The number of carbonyl (C=O) groups excluding carboxylic acids is 14. The van der Waals surface area contributed by atoms with Crippen molar-refractivity contribution in [1.82, 2.24) is 99.6 Å². The van der Waals surface area contributed by atoms with Crippen LogP contribution in [-0.2, 0) is 110 Å². The SMILES string of the molecule is CCCCc1cn(C(=O)NCCOCCOCCOCCOCCC(=O)N(CCC(=O)NCCCC[C@@H]2NC(=O)[C@@H](Cc3ccccc3)NC(=O)[C@H](CC(=O)O)NC(=O)[C@H](C)NC(=O)[C@H](CCCNC(=N)N)NC2=O)CCC(=O)NCCCC[C@@H]2NC(=O)[C@@H](Cc3ccccc3)NC(=O)[C@H](CC(=O)O)NC(=O)[C@H](C)NC(=O)[C@H](CCCNC(=N)N)NC2=O)nn1. The summed E-state index contributed by atoms with van der Waals surface area (Å²) in [5.41, 5.74) is 12.8. The van der Waals surface area contributed by atoms with E-state index in [9.17, 15) is 86.9 Å². The lowest BCUT2D eigenvalue weighted by Gasteiger charge is -2.26. The number of hydrogen-bond acceptors (Lipinski definition) is 24. The van der Waals surface area contributed by atoms with Crippen LogP contribution in [0.15, 0.2) is 66.9 Å². The van der Waals surface area contributed by atoms with E-state index in [0.29, 0.717) is 11.1 Å². The van der Waals surface area contributed by atoms with Gasteiger partial charge in [0.05, 0.1) is 84.0 Å². The summed E-state index contributed by atoms with van der Waals surface area (Å²) in [6.45, 7) is 6.03. The van der Waals surface area contributed by atoms with E-state index in [1.807, 2.05) is 0 Å². The normalized spacial score (nSPS) is 20.0. The average Bonchev–Trinajstić information content (AvgIpc) is 1.82. The predicted molar refractivity (Wildman–Crippen MR) is 449 cm³/mol. The van der Waals surface area contributed by atoms with Crippen LogP contribution in [0.5, 0.6) is 0 Å². The minimum absolute atomic E-state index is 0.00799. The molecule has 0 aliphatic carbocycles. The van der Waals surface area contributed by atoms with Gasteiger partial charge in [0, 0.05) is 71.5 Å². The first kappa shape index (κ1) is 103. The Balaban J connectivity index is 1.25. The maximum absolute atomic E-state index is 14.4. The van der Waals surface area contributed by atoms with E-state index in [0.717, 1.165) is 29.6 Å². The van der Waals surface area contributed by atoms with Gasteiger partial charge in [-0.25, -0.2) is 4.79 Å². The maximum atomic E-state index is 14.4. The molecule has 23 N–H and O–H groups in total. The van der Waals surface area contributed by atoms with E-state index in [1.165, 1.54) is 18.7 Å². The molecule has 0 spiro atoms. The number of nitrogens with two attached hydrogens (primary N) is 2. The van der Waals surface area contributed by atoms with Crippen LogP contribution in [0.2, 0.25) is 0 Å². The van der Waals surface area contributed by atoms with E-state index in [-0.39, 0.29) is 207 Å². The zero-order valence-electron chi connectivity index (χ0n) is 70.9. The minimum atomic E-state index is -1.72. The molecule has 0 radical (unpaired) electrons. The zero-order chi connectivity index (χ0) is 91.4. The van der Waals surface area contributed by atoms with Crippen LogP contribution in [0.1, 0.15) is 147 Å². The lowest BCUT2D eigenvalue weighted by Crippen LogP contribution is -2.58. The molecule has 45 heteroatoms. The van der Waals surface area contributed by atoms with Crippen LogP contribution >= 0.6 is 0 Å². The standard InChI is InChI=1S/C80H123N23O22/c1-4-5-22-54-49-103(101-100-54)80(121)89-34-38-123-40-42-125-44-43-124-41-39-122-37-29-65(106)102(35-27-63(104)85-30-14-12-23-55-72(115)92-57(25-16-32-87-78(81)82)70(113)90-50(2)68(111)96-61(47-66(107)108)76(119)98-59(74(117)94-55)45-52-18-8-6-9-19-52)36-28-64(105)86-31-15-13-24-56-73(116)93-58(26-17-33-88-79(83)84)71(114)91-51(3)69(112)97-62(48-67(109)110)77(120)99-60(75(118)95-56)46-53-20-10-7-11-21-53/h6-11,18-21,49-51,55-62H,4-5,12-17,22-48H2,1-3H3,(H,85,104)(H,86,105)(H,89,121)(H,90,113)(H,91,114)(H,92,115)(H,93,116)(H,94,117)(H,95,118)(H,96,111)(H,97,112)(H,98,119)(H,99,120)(H,107,108)(H,109,110)(H4,81,82,87)(H4,83,84,88)/t50-,51-,55-,56-,57-,58-,59+,60+,61-,62-/m0/s1. The lowest BCUT2D eigenvalue weighted by molar-refractivity contribution is -0.142. The highest BCUT2D eigenvalue weighted by molar-refractivity contribution is 6.01. The number of hydrogen-bond donors (Lipinski definition) is 21. The number of amides is 14. The van der Waals surface area contributed by atoms with Crippen molar-refractivity contribution in [2.75, 3.05) is 98.7 Å². The molecule has 2 aliphatic rings. The quantitative estimate of drug-likeness (QED) is 0.0144. The number of ether oxygens (including phenoxy) is 4. The number of benzene rings is 2. The Morgan fingerprint density at radius 3 is 1.18 bits per heavy atom. The number of aryl methyl sites for hydroxylation is 1. The highest BCUT2D eigenvalue weighted by Crippen LogP contribution is 2.14. The van der Waals surface area contributed by atoms with Crippen molar-refractivity contribution < 1.29 is 106 Å². The molecule has 2 saturated heterocycles. The first-order valence-electron chi connectivity index (χ1n) is 41.9. The first-order chi connectivity index (χ1) is 59.9. The molecular weight excluding hydrogens is 1640 g/mol. The smallest absolute Gasteiger partial charge is 0.343 e. The predicted octanol–water partition coefficient (Wildman–Crippen LogP) is -4.31. The Hall–Kier alpha value is -12.5. The Labute approximate surface area is 723 Å².